The predicted molar refractivity (Wildman–Crippen MR) is 77.9 cm³/mol. The Balaban J connectivity index is 2.00. The van der Waals surface area contributed by atoms with E-state index in [1.165, 1.54) is 0 Å². The van der Waals surface area contributed by atoms with Gasteiger partial charge in [0.15, 0.2) is 0 Å². The van der Waals surface area contributed by atoms with Gasteiger partial charge in [0.05, 0.1) is 19.3 Å². The lowest BCUT2D eigenvalue weighted by Gasteiger charge is -2.24. The number of rotatable bonds is 4. The zero-order valence-corrected chi connectivity index (χ0v) is 12.0. The second-order valence-corrected chi connectivity index (χ2v) is 5.19. The van der Waals surface area contributed by atoms with Gasteiger partial charge in [-0.1, -0.05) is 0 Å². The molecule has 1 aromatic rings. The Labute approximate surface area is 119 Å². The van der Waals surface area contributed by atoms with Gasteiger partial charge in [-0.25, -0.2) is 0 Å². The van der Waals surface area contributed by atoms with Crippen LogP contribution in [0.4, 0.5) is 5.69 Å². The molecule has 20 heavy (non-hydrogen) atoms. The Morgan fingerprint density at radius 1 is 1.45 bits per heavy atom. The summed E-state index contributed by atoms with van der Waals surface area (Å²) >= 11 is 0. The lowest BCUT2D eigenvalue weighted by atomic mass is 10.1. The first-order valence-corrected chi connectivity index (χ1v) is 6.98. The van der Waals surface area contributed by atoms with E-state index in [0.29, 0.717) is 0 Å². The minimum Gasteiger partial charge on any atom is -0.490 e. The maximum Gasteiger partial charge on any atom is 0.240 e. The van der Waals surface area contributed by atoms with Crippen LogP contribution >= 0.6 is 0 Å². The SMILES string of the molecule is Cc1cc(NC(=O)[C@@H](C)N)ccc1OC1CCOCC1. The molecule has 1 aromatic carbocycles. The van der Waals surface area contributed by atoms with Gasteiger partial charge in [0, 0.05) is 18.5 Å². The van der Waals surface area contributed by atoms with Gasteiger partial charge in [-0.15, -0.1) is 0 Å². The molecule has 1 heterocycles. The molecule has 5 heteroatoms. The largest absolute Gasteiger partial charge is 0.490 e. The monoisotopic (exact) mass is 278 g/mol. The molecule has 0 unspecified atom stereocenters. The number of aryl methyl sites for hydroxylation is 1. The van der Waals surface area contributed by atoms with Crippen molar-refractivity contribution >= 4 is 11.6 Å². The van der Waals surface area contributed by atoms with Crippen LogP contribution in [0.3, 0.4) is 0 Å². The molecule has 2 rings (SSSR count). The van der Waals surface area contributed by atoms with E-state index in [0.717, 1.165) is 43.1 Å². The normalized spacial score (nSPS) is 17.6. The Kier molecular flexibility index (Phi) is 4.98. The fourth-order valence-electron chi connectivity index (χ4n) is 2.09. The van der Waals surface area contributed by atoms with E-state index in [4.69, 9.17) is 15.2 Å². The molecule has 5 nitrogen and oxygen atoms in total. The van der Waals surface area contributed by atoms with Crippen LogP contribution in [0.15, 0.2) is 18.2 Å². The van der Waals surface area contributed by atoms with Crippen LogP contribution in [-0.4, -0.2) is 31.3 Å². The fourth-order valence-corrected chi connectivity index (χ4v) is 2.09. The lowest BCUT2D eigenvalue weighted by Crippen LogP contribution is -2.32. The second kappa shape index (κ2) is 6.72. The summed E-state index contributed by atoms with van der Waals surface area (Å²) in [6.07, 6.45) is 2.05. The summed E-state index contributed by atoms with van der Waals surface area (Å²) < 4.78 is 11.3. The van der Waals surface area contributed by atoms with E-state index in [2.05, 4.69) is 5.32 Å². The van der Waals surface area contributed by atoms with Crippen molar-refractivity contribution in [1.29, 1.82) is 0 Å². The molecule has 1 aliphatic rings. The van der Waals surface area contributed by atoms with Gasteiger partial charge in [-0.2, -0.15) is 0 Å². The van der Waals surface area contributed by atoms with E-state index in [-0.39, 0.29) is 12.0 Å². The number of carbonyl (C=O) groups excluding carboxylic acids is 1. The van der Waals surface area contributed by atoms with E-state index in [9.17, 15) is 4.79 Å². The van der Waals surface area contributed by atoms with Crippen molar-refractivity contribution in [1.82, 2.24) is 0 Å². The molecule has 0 radical (unpaired) electrons. The number of ether oxygens (including phenoxy) is 2. The van der Waals surface area contributed by atoms with Crippen LogP contribution in [-0.2, 0) is 9.53 Å². The second-order valence-electron chi connectivity index (χ2n) is 5.19. The number of nitrogens with two attached hydrogens (primary N) is 1. The summed E-state index contributed by atoms with van der Waals surface area (Å²) in [4.78, 5) is 11.5. The number of hydrogen-bond donors (Lipinski definition) is 2. The highest BCUT2D eigenvalue weighted by Crippen LogP contribution is 2.25. The Morgan fingerprint density at radius 3 is 2.75 bits per heavy atom. The summed E-state index contributed by atoms with van der Waals surface area (Å²) in [6.45, 7) is 5.14. The highest BCUT2D eigenvalue weighted by atomic mass is 16.5. The molecule has 1 saturated heterocycles. The highest BCUT2D eigenvalue weighted by molar-refractivity contribution is 5.94. The molecular formula is C15H22N2O3. The van der Waals surface area contributed by atoms with E-state index in [1.54, 1.807) is 6.92 Å². The lowest BCUT2D eigenvalue weighted by molar-refractivity contribution is -0.117. The van der Waals surface area contributed by atoms with Crippen LogP contribution in [0, 0.1) is 6.92 Å². The molecule has 1 atom stereocenters. The van der Waals surface area contributed by atoms with Crippen LogP contribution in [0.2, 0.25) is 0 Å². The molecule has 0 spiro atoms. The zero-order chi connectivity index (χ0) is 14.5. The van der Waals surface area contributed by atoms with Crippen molar-refractivity contribution < 1.29 is 14.3 Å². The molecule has 1 aliphatic heterocycles. The van der Waals surface area contributed by atoms with E-state index >= 15 is 0 Å². The van der Waals surface area contributed by atoms with Gasteiger partial charge < -0.3 is 20.5 Å². The summed E-state index contributed by atoms with van der Waals surface area (Å²) in [7, 11) is 0. The minimum atomic E-state index is -0.520. The fraction of sp³-hybridized carbons (Fsp3) is 0.533. The first kappa shape index (κ1) is 14.8. The maximum atomic E-state index is 11.5. The Morgan fingerprint density at radius 2 is 2.15 bits per heavy atom. The van der Waals surface area contributed by atoms with E-state index < -0.39 is 6.04 Å². The maximum absolute atomic E-state index is 11.5. The average molecular weight is 278 g/mol. The average Bonchev–Trinajstić information content (AvgIpc) is 2.43. The van der Waals surface area contributed by atoms with Crippen molar-refractivity contribution in [2.24, 2.45) is 5.73 Å². The first-order chi connectivity index (χ1) is 9.56. The standard InChI is InChI=1S/C15H22N2O3/c1-10-9-12(17-15(18)11(2)16)3-4-14(10)20-13-5-7-19-8-6-13/h3-4,9,11,13H,5-8,16H2,1-2H3,(H,17,18)/t11-/m1/s1. The van der Waals surface area contributed by atoms with Crippen molar-refractivity contribution in [3.8, 4) is 5.75 Å². The molecule has 0 aliphatic carbocycles. The van der Waals surface area contributed by atoms with E-state index in [1.807, 2.05) is 25.1 Å². The molecule has 0 saturated carbocycles. The molecule has 0 aromatic heterocycles. The minimum absolute atomic E-state index is 0.192. The highest BCUT2D eigenvalue weighted by Gasteiger charge is 2.16. The van der Waals surface area contributed by atoms with Crippen molar-refractivity contribution in [2.45, 2.75) is 38.8 Å². The predicted octanol–water partition coefficient (Wildman–Crippen LogP) is 1.84. The molecule has 1 fully saturated rings. The Bertz CT molecular complexity index is 468. The topological polar surface area (TPSA) is 73.6 Å². The summed E-state index contributed by atoms with van der Waals surface area (Å²) in [5.74, 6) is 0.665. The molecule has 3 N–H and O–H groups in total. The first-order valence-electron chi connectivity index (χ1n) is 6.98. The van der Waals surface area contributed by atoms with Crippen LogP contribution in [0.25, 0.3) is 0 Å². The quantitative estimate of drug-likeness (QED) is 0.881. The third-order valence-electron chi connectivity index (χ3n) is 3.32. The number of anilines is 1. The van der Waals surface area contributed by atoms with Gasteiger partial charge in [0.2, 0.25) is 5.91 Å². The van der Waals surface area contributed by atoms with Gasteiger partial charge >= 0.3 is 0 Å². The van der Waals surface area contributed by atoms with Crippen LogP contribution in [0.1, 0.15) is 25.3 Å². The third kappa shape index (κ3) is 3.95. The van der Waals surface area contributed by atoms with Crippen molar-refractivity contribution in [2.75, 3.05) is 18.5 Å². The van der Waals surface area contributed by atoms with Gasteiger partial charge in [0.25, 0.3) is 0 Å². The van der Waals surface area contributed by atoms with Crippen LogP contribution in [0.5, 0.6) is 5.75 Å². The number of nitrogens with one attached hydrogen (secondary N) is 1. The summed E-state index contributed by atoms with van der Waals surface area (Å²) in [5, 5.41) is 2.77. The van der Waals surface area contributed by atoms with Crippen molar-refractivity contribution in [3.63, 3.8) is 0 Å². The smallest absolute Gasteiger partial charge is 0.240 e. The van der Waals surface area contributed by atoms with Crippen LogP contribution < -0.4 is 15.8 Å². The van der Waals surface area contributed by atoms with Gasteiger partial charge in [-0.3, -0.25) is 4.79 Å². The van der Waals surface area contributed by atoms with Gasteiger partial charge in [0.1, 0.15) is 11.9 Å². The molecule has 0 bridgehead atoms. The summed E-state index contributed by atoms with van der Waals surface area (Å²) in [6, 6.07) is 5.10. The molecular weight excluding hydrogens is 256 g/mol. The summed E-state index contributed by atoms with van der Waals surface area (Å²) in [5.41, 5.74) is 7.27. The molecule has 110 valence electrons. The van der Waals surface area contributed by atoms with Gasteiger partial charge in [-0.05, 0) is 37.6 Å². The zero-order valence-electron chi connectivity index (χ0n) is 12.0. The number of amides is 1. The van der Waals surface area contributed by atoms with Crippen molar-refractivity contribution in [3.05, 3.63) is 23.8 Å². The number of benzene rings is 1. The number of carbonyl (C=O) groups is 1. The molecule has 1 amide bonds. The number of hydrogen-bond acceptors (Lipinski definition) is 4. The Hall–Kier alpha value is -1.59. The third-order valence-corrected chi connectivity index (χ3v) is 3.32.